The van der Waals surface area contributed by atoms with Crippen molar-refractivity contribution in [2.24, 2.45) is 0 Å². The molecular weight excluding hydrogens is 537 g/mol. The van der Waals surface area contributed by atoms with E-state index in [1.54, 1.807) is 26.2 Å². The number of hydrogen-bond donors (Lipinski definition) is 2. The average molecular weight is 567 g/mol. The Morgan fingerprint density at radius 3 is 2.54 bits per heavy atom. The van der Waals surface area contributed by atoms with Gasteiger partial charge in [0.1, 0.15) is 17.7 Å². The minimum Gasteiger partial charge on any atom is -0.480 e. The van der Waals surface area contributed by atoms with Gasteiger partial charge >= 0.3 is 6.18 Å². The zero-order valence-electron chi connectivity index (χ0n) is 22.7. The zero-order chi connectivity index (χ0) is 28.9. The Balaban J connectivity index is 1.29. The number of nitrogens with zero attached hydrogens (tertiary/aromatic N) is 7. The normalized spacial score (nSPS) is 17.5. The highest BCUT2D eigenvalue weighted by molar-refractivity contribution is 5.68. The first-order chi connectivity index (χ1) is 19.7. The van der Waals surface area contributed by atoms with Crippen LogP contribution < -0.4 is 15.2 Å². The largest absolute Gasteiger partial charge is 0.480 e. The molecule has 2 unspecified atom stereocenters. The lowest BCUT2D eigenvalue weighted by Gasteiger charge is -2.20. The third-order valence-electron chi connectivity index (χ3n) is 7.41. The van der Waals surface area contributed by atoms with Crippen LogP contribution in [0.3, 0.4) is 0 Å². The van der Waals surface area contributed by atoms with Crippen LogP contribution in [0.25, 0.3) is 22.8 Å². The number of halogens is 3. The maximum atomic E-state index is 13.4. The van der Waals surface area contributed by atoms with Gasteiger partial charge in [-0.3, -0.25) is 5.01 Å². The molecule has 2 atom stereocenters. The van der Waals surface area contributed by atoms with E-state index in [0.717, 1.165) is 41.7 Å². The van der Waals surface area contributed by atoms with Crippen molar-refractivity contribution >= 4 is 5.82 Å². The lowest BCUT2D eigenvalue weighted by atomic mass is 10.1. The van der Waals surface area contributed by atoms with Crippen LogP contribution in [0, 0.1) is 0 Å². The molecule has 4 aromatic rings. The van der Waals surface area contributed by atoms with Crippen LogP contribution in [0.4, 0.5) is 19.0 Å². The van der Waals surface area contributed by atoms with Gasteiger partial charge in [0.2, 0.25) is 5.88 Å². The molecule has 1 aromatic carbocycles. The van der Waals surface area contributed by atoms with Gasteiger partial charge in [-0.2, -0.15) is 13.2 Å². The summed E-state index contributed by atoms with van der Waals surface area (Å²) in [5, 5.41) is 11.5. The van der Waals surface area contributed by atoms with E-state index in [2.05, 4.69) is 25.4 Å². The molecule has 0 spiro atoms. The minimum absolute atomic E-state index is 0.0246. The number of fused-ring (bicyclic) bond motifs is 1. The summed E-state index contributed by atoms with van der Waals surface area (Å²) in [4.78, 5) is 22.2. The number of rotatable bonds is 8. The molecule has 6 rings (SSSR count). The predicted octanol–water partition coefficient (Wildman–Crippen LogP) is 4.84. The predicted molar refractivity (Wildman–Crippen MR) is 144 cm³/mol. The Morgan fingerprint density at radius 1 is 1.12 bits per heavy atom. The van der Waals surface area contributed by atoms with Crippen LogP contribution in [-0.4, -0.2) is 48.3 Å². The van der Waals surface area contributed by atoms with Crippen molar-refractivity contribution in [3.63, 3.8) is 0 Å². The lowest BCUT2D eigenvalue weighted by molar-refractivity contribution is -0.140. The second kappa shape index (κ2) is 10.4. The summed E-state index contributed by atoms with van der Waals surface area (Å²) in [5.41, 5.74) is 6.38. The molecule has 1 saturated carbocycles. The van der Waals surface area contributed by atoms with Crippen molar-refractivity contribution in [2.75, 3.05) is 18.7 Å². The summed E-state index contributed by atoms with van der Waals surface area (Å²) in [6, 6.07) is 6.57. The first-order valence-corrected chi connectivity index (χ1v) is 13.3. The molecule has 41 heavy (non-hydrogen) atoms. The fraction of sp³-hybridized carbons (Fsp3) is 0.393. The molecule has 0 radical (unpaired) electrons. The third-order valence-corrected chi connectivity index (χ3v) is 7.41. The van der Waals surface area contributed by atoms with E-state index in [9.17, 15) is 18.3 Å². The number of aliphatic hydroxyl groups excluding tert-OH is 1. The van der Waals surface area contributed by atoms with E-state index in [-0.39, 0.29) is 18.5 Å². The molecule has 214 valence electrons. The smallest absolute Gasteiger partial charge is 0.434 e. The SMILES string of the molecule is COc1ncnc(C2CC2)c1-c1ncc2c(n1)N(Cc1ccc(-c3nc(C(F)(F)F)cn3C(C)CO)cc1)NC2C. The summed E-state index contributed by atoms with van der Waals surface area (Å²) in [6.07, 6.45) is 1.77. The Hall–Kier alpha value is -4.10. The first kappa shape index (κ1) is 27.1. The van der Waals surface area contributed by atoms with Gasteiger partial charge in [0, 0.05) is 29.4 Å². The number of ether oxygens (including phenoxy) is 1. The van der Waals surface area contributed by atoms with Gasteiger partial charge in [-0.25, -0.2) is 30.3 Å². The van der Waals surface area contributed by atoms with Crippen LogP contribution >= 0.6 is 0 Å². The number of alkyl halides is 3. The summed E-state index contributed by atoms with van der Waals surface area (Å²) in [7, 11) is 1.57. The van der Waals surface area contributed by atoms with Crippen molar-refractivity contribution in [2.45, 2.75) is 57.4 Å². The van der Waals surface area contributed by atoms with Gasteiger partial charge in [0.15, 0.2) is 17.3 Å². The highest BCUT2D eigenvalue weighted by Crippen LogP contribution is 2.45. The van der Waals surface area contributed by atoms with Gasteiger partial charge in [-0.1, -0.05) is 24.3 Å². The van der Waals surface area contributed by atoms with Gasteiger partial charge in [-0.15, -0.1) is 0 Å². The van der Waals surface area contributed by atoms with Gasteiger partial charge in [-0.05, 0) is 32.3 Å². The average Bonchev–Trinajstić information content (AvgIpc) is 3.64. The number of imidazole rings is 1. The fourth-order valence-electron chi connectivity index (χ4n) is 5.03. The van der Waals surface area contributed by atoms with Crippen molar-refractivity contribution in [1.29, 1.82) is 0 Å². The topological polar surface area (TPSA) is 114 Å². The first-order valence-electron chi connectivity index (χ1n) is 13.3. The monoisotopic (exact) mass is 566 g/mol. The second-order valence-corrected chi connectivity index (χ2v) is 10.4. The van der Waals surface area contributed by atoms with Crippen LogP contribution in [-0.2, 0) is 12.7 Å². The molecule has 1 fully saturated rings. The highest BCUT2D eigenvalue weighted by Gasteiger charge is 2.36. The van der Waals surface area contributed by atoms with Crippen molar-refractivity contribution in [1.82, 2.24) is 34.9 Å². The third kappa shape index (κ3) is 5.10. The van der Waals surface area contributed by atoms with Crippen LogP contribution in [0.1, 0.15) is 67.2 Å². The number of benzene rings is 1. The van der Waals surface area contributed by atoms with Crippen molar-refractivity contribution < 1.29 is 23.0 Å². The van der Waals surface area contributed by atoms with Crippen molar-refractivity contribution in [3.8, 4) is 28.7 Å². The Morgan fingerprint density at radius 2 is 1.88 bits per heavy atom. The summed E-state index contributed by atoms with van der Waals surface area (Å²) < 4.78 is 47.0. The van der Waals surface area contributed by atoms with E-state index < -0.39 is 17.9 Å². The highest BCUT2D eigenvalue weighted by atomic mass is 19.4. The quantitative estimate of drug-likeness (QED) is 0.309. The van der Waals surface area contributed by atoms with Crippen LogP contribution in [0.15, 0.2) is 43.0 Å². The molecule has 0 saturated heterocycles. The molecule has 3 aromatic heterocycles. The Kier molecular flexibility index (Phi) is 6.86. The molecule has 2 aliphatic rings. The second-order valence-electron chi connectivity index (χ2n) is 10.4. The Labute approximate surface area is 234 Å². The van der Waals surface area contributed by atoms with E-state index in [4.69, 9.17) is 9.72 Å². The molecular formula is C28H29F3N8O2. The number of hydrazine groups is 1. The van der Waals surface area contributed by atoms with E-state index in [0.29, 0.717) is 35.3 Å². The zero-order valence-corrected chi connectivity index (χ0v) is 22.7. The number of anilines is 1. The van der Waals surface area contributed by atoms with E-state index >= 15 is 0 Å². The molecule has 1 aliphatic carbocycles. The standard InChI is InChI=1S/C28H29F3N8O2/c1-15(13-40)38-12-21(28(29,30)31)35-25(38)19-6-4-17(5-7-19)11-39-26-20(16(2)37-39)10-32-24(36-26)22-23(18-8-9-18)33-14-34-27(22)41-3/h4-7,10,12,14-16,18,37,40H,8-9,11,13H2,1-3H3. The summed E-state index contributed by atoms with van der Waals surface area (Å²) in [6.45, 7) is 3.79. The Bertz CT molecular complexity index is 1570. The number of hydrogen-bond acceptors (Lipinski definition) is 9. The number of aliphatic hydroxyl groups is 1. The maximum absolute atomic E-state index is 13.4. The molecule has 1 aliphatic heterocycles. The molecule has 4 heterocycles. The molecule has 0 amide bonds. The number of aromatic nitrogens is 6. The van der Waals surface area contributed by atoms with Crippen molar-refractivity contribution in [3.05, 3.63) is 65.5 Å². The van der Waals surface area contributed by atoms with Gasteiger partial charge in [0.05, 0.1) is 38.0 Å². The van der Waals surface area contributed by atoms with Gasteiger partial charge in [0.25, 0.3) is 0 Å². The maximum Gasteiger partial charge on any atom is 0.434 e. The number of nitrogens with one attached hydrogen (secondary N) is 1. The van der Waals surface area contributed by atoms with Crippen LogP contribution in [0.5, 0.6) is 5.88 Å². The molecule has 13 heteroatoms. The van der Waals surface area contributed by atoms with E-state index in [1.807, 2.05) is 30.3 Å². The molecule has 2 N–H and O–H groups in total. The molecule has 10 nitrogen and oxygen atoms in total. The lowest BCUT2D eigenvalue weighted by Crippen LogP contribution is -2.33. The number of methoxy groups -OCH3 is 1. The minimum atomic E-state index is -4.59. The fourth-order valence-corrected chi connectivity index (χ4v) is 5.03. The van der Waals surface area contributed by atoms with Gasteiger partial charge < -0.3 is 14.4 Å². The molecule has 0 bridgehead atoms. The summed E-state index contributed by atoms with van der Waals surface area (Å²) >= 11 is 0. The van der Waals surface area contributed by atoms with Crippen LogP contribution in [0.2, 0.25) is 0 Å². The van der Waals surface area contributed by atoms with E-state index in [1.165, 1.54) is 10.9 Å². The summed E-state index contributed by atoms with van der Waals surface area (Å²) in [5.74, 6) is 2.14.